The normalized spacial score (nSPS) is 18.5. The molecule has 4 nitrogen and oxygen atoms in total. The molecule has 6 heteroatoms. The number of carbonyl (C=O) groups is 1. The maximum atomic E-state index is 13.3. The van der Waals surface area contributed by atoms with E-state index in [2.05, 4.69) is 15.8 Å². The Morgan fingerprint density at radius 1 is 1.59 bits per heavy atom. The molecule has 2 N–H and O–H groups in total. The molecule has 1 heterocycles. The smallest absolute Gasteiger partial charge is 0.260 e. The average molecular weight is 253 g/mol. The molecule has 90 valence electrons. The fourth-order valence-electron chi connectivity index (χ4n) is 1.36. The summed E-state index contributed by atoms with van der Waals surface area (Å²) >= 11 is 1.42. The van der Waals surface area contributed by atoms with E-state index in [-0.39, 0.29) is 10.9 Å². The zero-order valence-electron chi connectivity index (χ0n) is 9.24. The highest BCUT2D eigenvalue weighted by Gasteiger charge is 2.20. The van der Waals surface area contributed by atoms with Crippen molar-refractivity contribution < 1.29 is 9.18 Å². The molecular formula is C11H12FN3OS. The van der Waals surface area contributed by atoms with E-state index in [0.29, 0.717) is 5.17 Å². The highest BCUT2D eigenvalue weighted by molar-refractivity contribution is 8.14. The first-order chi connectivity index (χ1) is 8.20. The van der Waals surface area contributed by atoms with E-state index in [1.54, 1.807) is 12.1 Å². The Morgan fingerprint density at radius 2 is 2.35 bits per heavy atom. The maximum absolute atomic E-state index is 13.3. The number of nitrogens with zero attached hydrogens (tertiary/aromatic N) is 1. The van der Waals surface area contributed by atoms with E-state index in [9.17, 15) is 9.18 Å². The zero-order chi connectivity index (χ0) is 12.3. The second-order valence-electron chi connectivity index (χ2n) is 3.49. The number of hydrogen-bond acceptors (Lipinski definition) is 4. The molecule has 0 fully saturated rings. The van der Waals surface area contributed by atoms with E-state index < -0.39 is 11.7 Å². The van der Waals surface area contributed by atoms with E-state index in [1.807, 2.05) is 6.92 Å². The van der Waals surface area contributed by atoms with Gasteiger partial charge in [0.05, 0.1) is 10.9 Å². The number of amides is 1. The van der Waals surface area contributed by atoms with Gasteiger partial charge in [-0.3, -0.25) is 15.5 Å². The second kappa shape index (κ2) is 5.18. The van der Waals surface area contributed by atoms with Gasteiger partial charge in [0.25, 0.3) is 5.91 Å². The number of carbonyl (C=O) groups excluding carboxylic acids is 1. The largest absolute Gasteiger partial charge is 0.300 e. The molecule has 1 aliphatic heterocycles. The second-order valence-corrected chi connectivity index (χ2v) is 4.69. The molecular weight excluding hydrogens is 241 g/mol. The minimum Gasteiger partial charge on any atom is -0.300 e. The fourth-order valence-corrected chi connectivity index (χ4v) is 2.16. The topological polar surface area (TPSA) is 53.5 Å². The Labute approximate surface area is 103 Å². The van der Waals surface area contributed by atoms with Gasteiger partial charge in [0.2, 0.25) is 0 Å². The Hall–Kier alpha value is -1.56. The van der Waals surface area contributed by atoms with Crippen molar-refractivity contribution in [3.05, 3.63) is 35.6 Å². The first-order valence-electron chi connectivity index (χ1n) is 5.26. The predicted molar refractivity (Wildman–Crippen MR) is 66.1 cm³/mol. The van der Waals surface area contributed by atoms with Gasteiger partial charge in [0.1, 0.15) is 5.82 Å². The number of rotatable bonds is 2. The van der Waals surface area contributed by atoms with Crippen molar-refractivity contribution in [2.24, 2.45) is 5.10 Å². The van der Waals surface area contributed by atoms with Crippen LogP contribution in [-0.4, -0.2) is 16.4 Å². The average Bonchev–Trinajstić information content (AvgIpc) is 2.77. The van der Waals surface area contributed by atoms with E-state index >= 15 is 0 Å². The molecule has 1 atom stereocenters. The quantitative estimate of drug-likeness (QED) is 0.846. The van der Waals surface area contributed by atoms with Crippen LogP contribution < -0.4 is 10.7 Å². The summed E-state index contributed by atoms with van der Waals surface area (Å²) in [5, 5.41) is 7.18. The number of thioether (sulfide) groups is 1. The first-order valence-corrected chi connectivity index (χ1v) is 6.14. The van der Waals surface area contributed by atoms with Gasteiger partial charge in [0.15, 0.2) is 5.17 Å². The minimum absolute atomic E-state index is 0.0238. The molecule has 0 saturated heterocycles. The lowest BCUT2D eigenvalue weighted by atomic mass is 10.2. The van der Waals surface area contributed by atoms with Crippen molar-refractivity contribution in [2.45, 2.75) is 18.7 Å². The molecule has 1 aromatic carbocycles. The van der Waals surface area contributed by atoms with Crippen molar-refractivity contribution in [3.63, 3.8) is 0 Å². The van der Waals surface area contributed by atoms with Gasteiger partial charge in [-0.2, -0.15) is 5.10 Å². The third-order valence-corrected chi connectivity index (χ3v) is 3.41. The van der Waals surface area contributed by atoms with Crippen molar-refractivity contribution in [1.82, 2.24) is 10.7 Å². The van der Waals surface area contributed by atoms with Gasteiger partial charge < -0.3 is 0 Å². The monoisotopic (exact) mass is 253 g/mol. The molecule has 0 aliphatic carbocycles. The van der Waals surface area contributed by atoms with Crippen LogP contribution in [0.4, 0.5) is 4.39 Å². The van der Waals surface area contributed by atoms with Crippen molar-refractivity contribution in [1.29, 1.82) is 0 Å². The number of hydrogen-bond donors (Lipinski definition) is 2. The molecule has 0 radical (unpaired) electrons. The number of amidine groups is 1. The van der Waals surface area contributed by atoms with Crippen LogP contribution in [0.2, 0.25) is 0 Å². The maximum Gasteiger partial charge on any atom is 0.260 e. The van der Waals surface area contributed by atoms with Crippen molar-refractivity contribution >= 4 is 22.8 Å². The Kier molecular flexibility index (Phi) is 3.63. The standard InChI is InChI=1S/C11H12FN3OS/c1-2-9-14-15-11(17-9)13-10(16)7-5-3-4-6-8(7)12/h3-6,9,14H,2H2,1H3,(H,13,15,16). The Balaban J connectivity index is 2.01. The van der Waals surface area contributed by atoms with Crippen LogP contribution in [-0.2, 0) is 0 Å². The van der Waals surface area contributed by atoms with Crippen LogP contribution in [0.25, 0.3) is 0 Å². The summed E-state index contributed by atoms with van der Waals surface area (Å²) in [5.41, 5.74) is 2.89. The van der Waals surface area contributed by atoms with Gasteiger partial charge in [-0.15, -0.1) is 0 Å². The number of halogens is 1. The Bertz CT molecular complexity index is 464. The highest BCUT2D eigenvalue weighted by Crippen LogP contribution is 2.18. The summed E-state index contributed by atoms with van der Waals surface area (Å²) in [6.07, 6.45) is 0.896. The van der Waals surface area contributed by atoms with Crippen molar-refractivity contribution in [2.75, 3.05) is 0 Å². The molecule has 2 rings (SSSR count). The third-order valence-electron chi connectivity index (χ3n) is 2.27. The van der Waals surface area contributed by atoms with Crippen LogP contribution in [0.15, 0.2) is 29.4 Å². The number of nitrogens with one attached hydrogen (secondary N) is 2. The van der Waals surface area contributed by atoms with Gasteiger partial charge in [0, 0.05) is 0 Å². The van der Waals surface area contributed by atoms with Crippen LogP contribution in [0.5, 0.6) is 0 Å². The van der Waals surface area contributed by atoms with Crippen LogP contribution >= 0.6 is 11.8 Å². The van der Waals surface area contributed by atoms with Crippen LogP contribution in [0.3, 0.4) is 0 Å². The molecule has 0 saturated carbocycles. The summed E-state index contributed by atoms with van der Waals surface area (Å²) in [6.45, 7) is 2.02. The lowest BCUT2D eigenvalue weighted by Gasteiger charge is -2.05. The van der Waals surface area contributed by atoms with E-state index in [4.69, 9.17) is 0 Å². The molecule has 1 aromatic rings. The lowest BCUT2D eigenvalue weighted by Crippen LogP contribution is -2.28. The summed E-state index contributed by atoms with van der Waals surface area (Å²) in [7, 11) is 0. The SMILES string of the molecule is CCC1NN=C(NC(=O)c2ccccc2F)S1. The van der Waals surface area contributed by atoms with E-state index in [1.165, 1.54) is 23.9 Å². The molecule has 1 unspecified atom stereocenters. The fraction of sp³-hybridized carbons (Fsp3) is 0.273. The molecule has 17 heavy (non-hydrogen) atoms. The molecule has 0 aromatic heterocycles. The lowest BCUT2D eigenvalue weighted by molar-refractivity contribution is 0.0974. The minimum atomic E-state index is -0.534. The zero-order valence-corrected chi connectivity index (χ0v) is 10.1. The van der Waals surface area contributed by atoms with Gasteiger partial charge >= 0.3 is 0 Å². The molecule has 1 aliphatic rings. The molecule has 1 amide bonds. The third kappa shape index (κ3) is 2.76. The van der Waals surface area contributed by atoms with Crippen molar-refractivity contribution in [3.8, 4) is 0 Å². The number of hydrazone groups is 1. The summed E-state index contributed by atoms with van der Waals surface area (Å²) in [5.74, 6) is -1.01. The van der Waals surface area contributed by atoms with E-state index in [0.717, 1.165) is 6.42 Å². The van der Waals surface area contributed by atoms with Gasteiger partial charge in [-0.05, 0) is 18.6 Å². The van der Waals surface area contributed by atoms with Crippen LogP contribution in [0, 0.1) is 5.82 Å². The first kappa shape index (κ1) is 11.9. The predicted octanol–water partition coefficient (Wildman–Crippen LogP) is 1.90. The van der Waals surface area contributed by atoms with Gasteiger partial charge in [-0.25, -0.2) is 4.39 Å². The molecule has 0 spiro atoms. The highest BCUT2D eigenvalue weighted by atomic mass is 32.2. The number of benzene rings is 1. The Morgan fingerprint density at radius 3 is 3.00 bits per heavy atom. The van der Waals surface area contributed by atoms with Gasteiger partial charge in [-0.1, -0.05) is 30.8 Å². The molecule has 0 bridgehead atoms. The van der Waals surface area contributed by atoms with Crippen LogP contribution in [0.1, 0.15) is 23.7 Å². The summed E-state index contributed by atoms with van der Waals surface area (Å²) in [6, 6.07) is 5.86. The summed E-state index contributed by atoms with van der Waals surface area (Å²) in [4.78, 5) is 11.7. The summed E-state index contributed by atoms with van der Waals surface area (Å²) < 4.78 is 13.3.